The summed E-state index contributed by atoms with van der Waals surface area (Å²) in [6, 6.07) is 5.88. The predicted octanol–water partition coefficient (Wildman–Crippen LogP) is 3.18. The molecular formula is C13H16Cl2N2. The Labute approximate surface area is 112 Å². The molecule has 2 saturated heterocycles. The number of nitrogens with zero attached hydrogens (tertiary/aromatic N) is 1. The first kappa shape index (κ1) is 11.6. The molecule has 1 N–H and O–H groups in total. The third kappa shape index (κ3) is 2.03. The fraction of sp³-hybridized carbons (Fsp3) is 0.538. The zero-order chi connectivity index (χ0) is 11.9. The molecule has 17 heavy (non-hydrogen) atoms. The van der Waals surface area contributed by atoms with Crippen molar-refractivity contribution in [2.75, 3.05) is 31.1 Å². The van der Waals surface area contributed by atoms with Gasteiger partial charge in [0.05, 0.1) is 15.7 Å². The summed E-state index contributed by atoms with van der Waals surface area (Å²) in [5.74, 6) is 0. The molecule has 0 bridgehead atoms. The highest BCUT2D eigenvalue weighted by molar-refractivity contribution is 6.43. The second-order valence-corrected chi connectivity index (χ2v) is 5.96. The van der Waals surface area contributed by atoms with E-state index in [1.807, 2.05) is 12.1 Å². The molecule has 2 heterocycles. The summed E-state index contributed by atoms with van der Waals surface area (Å²) < 4.78 is 0. The van der Waals surface area contributed by atoms with Crippen LogP contribution in [0.5, 0.6) is 0 Å². The number of anilines is 1. The van der Waals surface area contributed by atoms with Crippen LogP contribution >= 0.6 is 23.2 Å². The van der Waals surface area contributed by atoms with Crippen molar-refractivity contribution in [2.45, 2.75) is 12.8 Å². The minimum Gasteiger partial charge on any atom is -0.370 e. The van der Waals surface area contributed by atoms with Crippen molar-refractivity contribution < 1.29 is 0 Å². The Morgan fingerprint density at radius 2 is 2.12 bits per heavy atom. The molecule has 1 atom stereocenters. The van der Waals surface area contributed by atoms with Crippen LogP contribution in [0.1, 0.15) is 12.8 Å². The minimum atomic E-state index is 0.464. The standard InChI is InChI=1S/C13H16Cl2N2/c14-10-2-1-3-11(12(10)15)17-7-5-13(9-17)4-6-16-8-13/h1-3,16H,4-9H2. The van der Waals surface area contributed by atoms with Gasteiger partial charge in [-0.25, -0.2) is 0 Å². The van der Waals surface area contributed by atoms with Gasteiger partial charge in [0.2, 0.25) is 0 Å². The predicted molar refractivity (Wildman–Crippen MR) is 73.2 cm³/mol. The first-order valence-corrected chi connectivity index (χ1v) is 6.86. The molecule has 2 aliphatic rings. The third-order valence-corrected chi connectivity index (χ3v) is 4.85. The quantitative estimate of drug-likeness (QED) is 0.844. The Morgan fingerprint density at radius 1 is 1.24 bits per heavy atom. The number of hydrogen-bond acceptors (Lipinski definition) is 2. The van der Waals surface area contributed by atoms with Crippen molar-refractivity contribution in [1.82, 2.24) is 5.32 Å². The fourth-order valence-electron chi connectivity index (χ4n) is 3.02. The van der Waals surface area contributed by atoms with Gasteiger partial charge in [0.25, 0.3) is 0 Å². The van der Waals surface area contributed by atoms with Crippen molar-refractivity contribution in [3.05, 3.63) is 28.2 Å². The average molecular weight is 271 g/mol. The van der Waals surface area contributed by atoms with E-state index >= 15 is 0 Å². The lowest BCUT2D eigenvalue weighted by Crippen LogP contribution is -2.29. The normalized spacial score (nSPS) is 28.2. The second kappa shape index (κ2) is 4.34. The largest absolute Gasteiger partial charge is 0.370 e. The first-order chi connectivity index (χ1) is 8.20. The van der Waals surface area contributed by atoms with E-state index in [0.29, 0.717) is 15.5 Å². The summed E-state index contributed by atoms with van der Waals surface area (Å²) in [5, 5.41) is 4.81. The maximum Gasteiger partial charge on any atom is 0.0825 e. The molecule has 4 heteroatoms. The minimum absolute atomic E-state index is 0.464. The van der Waals surface area contributed by atoms with E-state index in [2.05, 4.69) is 16.3 Å². The summed E-state index contributed by atoms with van der Waals surface area (Å²) in [6.07, 6.45) is 2.53. The van der Waals surface area contributed by atoms with Crippen molar-refractivity contribution in [3.63, 3.8) is 0 Å². The molecular weight excluding hydrogens is 255 g/mol. The monoisotopic (exact) mass is 270 g/mol. The molecule has 0 amide bonds. The SMILES string of the molecule is Clc1cccc(N2CCC3(CCNC3)C2)c1Cl. The fourth-order valence-corrected chi connectivity index (χ4v) is 3.44. The number of hydrogen-bond donors (Lipinski definition) is 1. The van der Waals surface area contributed by atoms with Crippen molar-refractivity contribution >= 4 is 28.9 Å². The zero-order valence-electron chi connectivity index (χ0n) is 9.68. The Balaban J connectivity index is 1.84. The van der Waals surface area contributed by atoms with Crippen LogP contribution in [0.4, 0.5) is 5.69 Å². The number of nitrogens with one attached hydrogen (secondary N) is 1. The smallest absolute Gasteiger partial charge is 0.0825 e. The summed E-state index contributed by atoms with van der Waals surface area (Å²) in [7, 11) is 0. The van der Waals surface area contributed by atoms with E-state index in [0.717, 1.165) is 31.9 Å². The van der Waals surface area contributed by atoms with Crippen molar-refractivity contribution in [2.24, 2.45) is 5.41 Å². The van der Waals surface area contributed by atoms with Gasteiger partial charge in [0.15, 0.2) is 0 Å². The van der Waals surface area contributed by atoms with Gasteiger partial charge < -0.3 is 10.2 Å². The van der Waals surface area contributed by atoms with Gasteiger partial charge in [-0.05, 0) is 31.5 Å². The lowest BCUT2D eigenvalue weighted by Gasteiger charge is -2.24. The van der Waals surface area contributed by atoms with Crippen LogP contribution < -0.4 is 10.2 Å². The van der Waals surface area contributed by atoms with Crippen LogP contribution in [0.3, 0.4) is 0 Å². The molecule has 1 aromatic carbocycles. The van der Waals surface area contributed by atoms with Gasteiger partial charge in [-0.3, -0.25) is 0 Å². The lowest BCUT2D eigenvalue weighted by atomic mass is 9.86. The molecule has 1 spiro atoms. The molecule has 1 aromatic rings. The van der Waals surface area contributed by atoms with E-state index in [9.17, 15) is 0 Å². The van der Waals surface area contributed by atoms with Gasteiger partial charge in [0, 0.05) is 25.0 Å². The maximum absolute atomic E-state index is 6.28. The molecule has 0 radical (unpaired) electrons. The molecule has 2 fully saturated rings. The Hall–Kier alpha value is -0.440. The summed E-state index contributed by atoms with van der Waals surface area (Å²) >= 11 is 12.4. The van der Waals surface area contributed by atoms with Crippen molar-refractivity contribution in [1.29, 1.82) is 0 Å². The summed E-state index contributed by atoms with van der Waals surface area (Å²) in [6.45, 7) is 4.47. The first-order valence-electron chi connectivity index (χ1n) is 6.10. The van der Waals surface area contributed by atoms with Crippen LogP contribution in [0, 0.1) is 5.41 Å². The lowest BCUT2D eigenvalue weighted by molar-refractivity contribution is 0.369. The Morgan fingerprint density at radius 3 is 2.88 bits per heavy atom. The molecule has 92 valence electrons. The van der Waals surface area contributed by atoms with Crippen LogP contribution in [0.25, 0.3) is 0 Å². The molecule has 3 rings (SSSR count). The summed E-state index contributed by atoms with van der Waals surface area (Å²) in [5.41, 5.74) is 1.55. The van der Waals surface area contributed by atoms with E-state index in [4.69, 9.17) is 23.2 Å². The molecule has 2 aliphatic heterocycles. The number of rotatable bonds is 1. The molecule has 0 aromatic heterocycles. The Bertz CT molecular complexity index is 427. The number of halogens is 2. The summed E-state index contributed by atoms with van der Waals surface area (Å²) in [4.78, 5) is 2.38. The van der Waals surface area contributed by atoms with E-state index in [1.54, 1.807) is 0 Å². The third-order valence-electron chi connectivity index (χ3n) is 4.04. The van der Waals surface area contributed by atoms with Crippen molar-refractivity contribution in [3.8, 4) is 0 Å². The van der Waals surface area contributed by atoms with Gasteiger partial charge in [0.1, 0.15) is 0 Å². The van der Waals surface area contributed by atoms with Crippen LogP contribution in [0.2, 0.25) is 10.0 Å². The average Bonchev–Trinajstić information content (AvgIpc) is 2.94. The Kier molecular flexibility index (Phi) is 2.97. The van der Waals surface area contributed by atoms with Gasteiger partial charge in [-0.15, -0.1) is 0 Å². The molecule has 0 aliphatic carbocycles. The van der Waals surface area contributed by atoms with Crippen LogP contribution in [-0.4, -0.2) is 26.2 Å². The highest BCUT2D eigenvalue weighted by Gasteiger charge is 2.40. The zero-order valence-corrected chi connectivity index (χ0v) is 11.2. The number of benzene rings is 1. The molecule has 1 unspecified atom stereocenters. The van der Waals surface area contributed by atoms with Gasteiger partial charge in [-0.1, -0.05) is 29.3 Å². The van der Waals surface area contributed by atoms with E-state index in [1.165, 1.54) is 12.8 Å². The van der Waals surface area contributed by atoms with E-state index in [-0.39, 0.29) is 0 Å². The van der Waals surface area contributed by atoms with Crippen LogP contribution in [-0.2, 0) is 0 Å². The van der Waals surface area contributed by atoms with Gasteiger partial charge in [-0.2, -0.15) is 0 Å². The highest BCUT2D eigenvalue weighted by Crippen LogP contribution is 2.41. The van der Waals surface area contributed by atoms with Gasteiger partial charge >= 0.3 is 0 Å². The molecule has 0 saturated carbocycles. The van der Waals surface area contributed by atoms with E-state index < -0.39 is 0 Å². The second-order valence-electron chi connectivity index (χ2n) is 5.17. The highest BCUT2D eigenvalue weighted by atomic mass is 35.5. The maximum atomic E-state index is 6.28. The topological polar surface area (TPSA) is 15.3 Å². The van der Waals surface area contributed by atoms with Crippen LogP contribution in [0.15, 0.2) is 18.2 Å². The molecule has 2 nitrogen and oxygen atoms in total.